The number of halogens is 4. The zero-order valence-corrected chi connectivity index (χ0v) is 20.8. The van der Waals surface area contributed by atoms with Gasteiger partial charge in [-0.3, -0.25) is 10.0 Å². The van der Waals surface area contributed by atoms with E-state index in [1.807, 2.05) is 0 Å². The maximum atomic E-state index is 13.0. The fourth-order valence-corrected chi connectivity index (χ4v) is 5.28. The zero-order valence-electron chi connectivity index (χ0n) is 18.5. The van der Waals surface area contributed by atoms with E-state index in [2.05, 4.69) is 4.74 Å². The van der Waals surface area contributed by atoms with E-state index in [9.17, 15) is 28.7 Å². The number of aromatic nitrogens is 1. The van der Waals surface area contributed by atoms with E-state index in [-0.39, 0.29) is 37.7 Å². The number of nitrogens with zero attached hydrogens (tertiary/aromatic N) is 1. The van der Waals surface area contributed by atoms with Crippen molar-refractivity contribution < 1.29 is 42.9 Å². The van der Waals surface area contributed by atoms with E-state index in [0.717, 1.165) is 24.2 Å². The molecule has 0 spiro atoms. The molecule has 0 unspecified atom stereocenters. The lowest BCUT2D eigenvalue weighted by Crippen LogP contribution is -2.29. The summed E-state index contributed by atoms with van der Waals surface area (Å²) >= 11 is 13.5. The molecule has 1 aliphatic rings. The van der Waals surface area contributed by atoms with Crippen LogP contribution in [0.25, 0.3) is 0 Å². The first-order chi connectivity index (χ1) is 17.2. The van der Waals surface area contributed by atoms with Crippen LogP contribution < -0.4 is 14.2 Å². The Morgan fingerprint density at radius 3 is 2.47 bits per heavy atom. The number of benzene rings is 1. The van der Waals surface area contributed by atoms with E-state index in [1.54, 1.807) is 0 Å². The third-order valence-electron chi connectivity index (χ3n) is 5.70. The molecule has 0 amide bonds. The van der Waals surface area contributed by atoms with E-state index in [1.165, 1.54) is 36.7 Å². The van der Waals surface area contributed by atoms with Crippen molar-refractivity contribution in [3.8, 4) is 11.5 Å². The van der Waals surface area contributed by atoms with Crippen molar-refractivity contribution in [2.24, 2.45) is 5.92 Å². The molecule has 1 saturated carbocycles. The Morgan fingerprint density at radius 2 is 1.89 bits per heavy atom. The number of hydrogen-bond acceptors (Lipinski definition) is 6. The number of aromatic carboxylic acids is 1. The number of thiophene rings is 1. The second kappa shape index (κ2) is 11.0. The lowest BCUT2D eigenvalue weighted by atomic mass is 9.85. The van der Waals surface area contributed by atoms with Crippen LogP contribution in [0.2, 0.25) is 10.0 Å². The Kier molecular flexibility index (Phi) is 7.97. The van der Waals surface area contributed by atoms with Crippen molar-refractivity contribution in [2.45, 2.75) is 31.8 Å². The molecule has 7 nitrogen and oxygen atoms in total. The van der Waals surface area contributed by atoms with Crippen molar-refractivity contribution in [1.82, 2.24) is 0 Å². The number of rotatable bonds is 11. The van der Waals surface area contributed by atoms with Gasteiger partial charge in [0, 0.05) is 16.2 Å². The minimum atomic E-state index is -3.06. The van der Waals surface area contributed by atoms with Crippen molar-refractivity contribution in [3.05, 3.63) is 73.1 Å². The number of ether oxygens (including phenoxy) is 2. The van der Waals surface area contributed by atoms with Gasteiger partial charge < -0.3 is 14.6 Å². The number of hydrogen-bond donors (Lipinski definition) is 2. The molecule has 0 bridgehead atoms. The van der Waals surface area contributed by atoms with Crippen LogP contribution in [0.5, 0.6) is 11.5 Å². The lowest BCUT2D eigenvalue weighted by molar-refractivity contribution is -0.904. The first kappa shape index (κ1) is 26.1. The molecule has 1 aromatic carbocycles. The fourth-order valence-electron chi connectivity index (χ4n) is 3.79. The van der Waals surface area contributed by atoms with Gasteiger partial charge in [-0.2, -0.15) is 8.78 Å². The highest BCUT2D eigenvalue weighted by Crippen LogP contribution is 2.41. The summed E-state index contributed by atoms with van der Waals surface area (Å²) in [7, 11) is 0. The van der Waals surface area contributed by atoms with Gasteiger partial charge in [-0.1, -0.05) is 29.3 Å². The van der Waals surface area contributed by atoms with Crippen LogP contribution in [0.15, 0.2) is 36.7 Å². The molecule has 1 atom stereocenters. The monoisotopic (exact) mass is 558 g/mol. The topological polar surface area (TPSA) is 96.9 Å². The van der Waals surface area contributed by atoms with Gasteiger partial charge >= 0.3 is 12.6 Å². The van der Waals surface area contributed by atoms with E-state index < -0.39 is 18.5 Å². The van der Waals surface area contributed by atoms with Crippen LogP contribution in [0.1, 0.15) is 54.8 Å². The Bertz CT molecular complexity index is 1270. The normalized spacial score (nSPS) is 14.0. The summed E-state index contributed by atoms with van der Waals surface area (Å²) in [5.74, 6) is -1.67. The summed E-state index contributed by atoms with van der Waals surface area (Å²) in [6, 6.07) is 5.84. The van der Waals surface area contributed by atoms with Crippen molar-refractivity contribution in [3.63, 3.8) is 0 Å². The smallest absolute Gasteiger partial charge is 0.387 e. The molecule has 2 aromatic heterocycles. The van der Waals surface area contributed by atoms with Crippen molar-refractivity contribution in [1.29, 1.82) is 0 Å². The summed E-state index contributed by atoms with van der Waals surface area (Å²) in [4.78, 5) is 23.6. The number of carbonyl (C=O) groups is 2. The molecule has 190 valence electrons. The number of carbonyl (C=O) groups excluding carboxylic acids is 1. The Labute approximate surface area is 218 Å². The molecule has 2 heterocycles. The summed E-state index contributed by atoms with van der Waals surface area (Å²) in [6.45, 7) is -2.73. The molecule has 36 heavy (non-hydrogen) atoms. The average molecular weight is 559 g/mol. The Balaban J connectivity index is 1.84. The number of carboxylic acid groups (broad SMARTS) is 1. The number of pyridine rings is 1. The van der Waals surface area contributed by atoms with Crippen LogP contribution in [-0.2, 0) is 6.42 Å². The molecule has 4 rings (SSSR count). The molecular formula is C24H20Cl2F2NO6S+. The minimum Gasteiger partial charge on any atom is -0.489 e. The summed E-state index contributed by atoms with van der Waals surface area (Å²) < 4.78 is 37.1. The van der Waals surface area contributed by atoms with Gasteiger partial charge in [-0.25, -0.2) is 4.79 Å². The molecule has 1 aliphatic carbocycles. The first-order valence-electron chi connectivity index (χ1n) is 10.8. The predicted octanol–water partition coefficient (Wildman–Crippen LogP) is 5.86. The molecule has 0 aliphatic heterocycles. The summed E-state index contributed by atoms with van der Waals surface area (Å²) in [5, 5.41) is 19.8. The predicted molar refractivity (Wildman–Crippen MR) is 127 cm³/mol. The van der Waals surface area contributed by atoms with Gasteiger partial charge in [0.2, 0.25) is 12.4 Å². The molecular weight excluding hydrogens is 539 g/mol. The maximum Gasteiger partial charge on any atom is 0.387 e. The van der Waals surface area contributed by atoms with Gasteiger partial charge in [0.25, 0.3) is 0 Å². The molecule has 0 radical (unpaired) electrons. The SMILES string of the molecule is O=Cc1cc([C@@H](Cc2c(Cl)c[n+](O)cc2Cl)c2ccc(OC(F)F)c(OCC3CC3)c2)c(C(=O)O)s1. The number of carboxylic acids is 1. The fraction of sp³-hybridized carbons (Fsp3) is 0.292. The molecule has 12 heteroatoms. The highest BCUT2D eigenvalue weighted by Gasteiger charge is 2.29. The molecule has 0 saturated heterocycles. The quantitative estimate of drug-likeness (QED) is 0.174. The minimum absolute atomic E-state index is 0.0594. The van der Waals surface area contributed by atoms with Crippen LogP contribution in [-0.4, -0.2) is 35.8 Å². The van der Waals surface area contributed by atoms with Crippen LogP contribution in [0.3, 0.4) is 0 Å². The Morgan fingerprint density at radius 1 is 1.19 bits per heavy atom. The van der Waals surface area contributed by atoms with Gasteiger partial charge in [0.05, 0.1) is 11.5 Å². The number of aldehydes is 1. The van der Waals surface area contributed by atoms with Gasteiger partial charge in [0.1, 0.15) is 14.9 Å². The van der Waals surface area contributed by atoms with E-state index in [0.29, 0.717) is 40.2 Å². The maximum absolute atomic E-state index is 13.0. The van der Waals surface area contributed by atoms with Gasteiger partial charge in [-0.05, 0) is 54.5 Å². The summed E-state index contributed by atoms with van der Waals surface area (Å²) in [5.41, 5.74) is 1.24. The third kappa shape index (κ3) is 6.05. The van der Waals surface area contributed by atoms with Crippen LogP contribution in [0, 0.1) is 5.92 Å². The molecule has 1 fully saturated rings. The highest BCUT2D eigenvalue weighted by molar-refractivity contribution is 7.15. The third-order valence-corrected chi connectivity index (χ3v) is 7.42. The molecule has 3 aromatic rings. The van der Waals surface area contributed by atoms with Crippen molar-refractivity contribution in [2.75, 3.05) is 6.61 Å². The first-order valence-corrected chi connectivity index (χ1v) is 12.4. The average Bonchev–Trinajstić information content (AvgIpc) is 3.54. The van der Waals surface area contributed by atoms with Gasteiger partial charge in [0.15, 0.2) is 17.8 Å². The van der Waals surface area contributed by atoms with Crippen LogP contribution in [0.4, 0.5) is 8.78 Å². The number of alkyl halides is 2. The highest BCUT2D eigenvalue weighted by atomic mass is 35.5. The second-order valence-electron chi connectivity index (χ2n) is 8.26. The lowest BCUT2D eigenvalue weighted by Gasteiger charge is -2.21. The van der Waals surface area contributed by atoms with E-state index >= 15 is 0 Å². The van der Waals surface area contributed by atoms with E-state index in [4.69, 9.17) is 27.9 Å². The Hall–Kier alpha value is -2.95. The van der Waals surface area contributed by atoms with Crippen molar-refractivity contribution >= 4 is 46.8 Å². The zero-order chi connectivity index (χ0) is 26.0. The van der Waals surface area contributed by atoms with Crippen LogP contribution >= 0.6 is 34.5 Å². The van der Waals surface area contributed by atoms with Gasteiger partial charge in [-0.15, -0.1) is 11.3 Å². The summed E-state index contributed by atoms with van der Waals surface area (Å²) in [6.07, 6.45) is 5.05. The largest absolute Gasteiger partial charge is 0.489 e. The second-order valence-corrected chi connectivity index (χ2v) is 10.2. The standard InChI is InChI=1S/C24H19Cl2F2NO6S/c25-18-8-29(33)9-19(26)17(18)7-15(16-6-14(10-30)36-22(16)23(31)32)13-3-4-20(35-24(27)28)21(5-13)34-11-12-1-2-12/h3-6,8-10,12,15,24H,1-2,7,11H2,(H-,31,32,33)/p+1/t15-/m0/s1. The molecule has 2 N–H and O–H groups in total.